The molecule has 0 bridgehead atoms. The van der Waals surface area contributed by atoms with E-state index >= 15 is 0 Å². The number of benzene rings is 2. The van der Waals surface area contributed by atoms with E-state index in [1.807, 2.05) is 36.4 Å². The van der Waals surface area contributed by atoms with Crippen LogP contribution in [0, 0.1) is 0 Å². The van der Waals surface area contributed by atoms with Crippen molar-refractivity contribution in [1.82, 2.24) is 0 Å². The number of aryl methyl sites for hydroxylation is 2. The van der Waals surface area contributed by atoms with Gasteiger partial charge in [-0.15, -0.1) is 22.7 Å². The summed E-state index contributed by atoms with van der Waals surface area (Å²) in [6.45, 7) is 0. The molecule has 0 radical (unpaired) electrons. The van der Waals surface area contributed by atoms with E-state index < -0.39 is 11.9 Å². The molecule has 0 saturated carbocycles. The standard InChI is InChI=1S/C29H28O8S2/c1-36-22-14-24-18(12-26(38-24)20(30)6-8-28(32)33)10-16(22)4-3-5-17-11-19-13-27(21(31)7-9-29(34)35)39-25(19)15-23(17)37-2/h10-15H,3-9H2,1-2H3,(H,32,33)(H,34,35). The molecule has 0 aliphatic heterocycles. The van der Waals surface area contributed by atoms with Crippen LogP contribution in [0.15, 0.2) is 36.4 Å². The quantitative estimate of drug-likeness (QED) is 0.167. The maximum absolute atomic E-state index is 12.4. The smallest absolute Gasteiger partial charge is 0.303 e. The average Bonchev–Trinajstić information content (AvgIpc) is 3.52. The van der Waals surface area contributed by atoms with Gasteiger partial charge in [0.2, 0.25) is 0 Å². The van der Waals surface area contributed by atoms with Crippen LogP contribution in [0.2, 0.25) is 0 Å². The number of hydrogen-bond donors (Lipinski definition) is 2. The predicted octanol–water partition coefficient (Wildman–Crippen LogP) is 6.40. The lowest BCUT2D eigenvalue weighted by molar-refractivity contribution is -0.137. The molecule has 0 aliphatic carbocycles. The monoisotopic (exact) mass is 568 g/mol. The van der Waals surface area contributed by atoms with Gasteiger partial charge in [-0.05, 0) is 77.6 Å². The van der Waals surface area contributed by atoms with Crippen molar-refractivity contribution in [3.8, 4) is 11.5 Å². The number of carboxylic acid groups (broad SMARTS) is 2. The van der Waals surface area contributed by atoms with E-state index in [4.69, 9.17) is 19.7 Å². The number of fused-ring (bicyclic) bond motifs is 2. The Kier molecular flexibility index (Phi) is 8.98. The summed E-state index contributed by atoms with van der Waals surface area (Å²) in [5, 5.41) is 19.6. The van der Waals surface area contributed by atoms with Gasteiger partial charge in [-0.3, -0.25) is 19.2 Å². The van der Waals surface area contributed by atoms with Crippen molar-refractivity contribution in [2.24, 2.45) is 0 Å². The van der Waals surface area contributed by atoms with Crippen LogP contribution in [0.5, 0.6) is 11.5 Å². The molecule has 4 rings (SSSR count). The third-order valence-corrected chi connectivity index (χ3v) is 8.69. The molecular weight excluding hydrogens is 540 g/mol. The van der Waals surface area contributed by atoms with Crippen molar-refractivity contribution >= 4 is 66.4 Å². The van der Waals surface area contributed by atoms with Crippen molar-refractivity contribution in [2.45, 2.75) is 44.9 Å². The third-order valence-electron chi connectivity index (χ3n) is 6.41. The highest BCUT2D eigenvalue weighted by atomic mass is 32.1. The van der Waals surface area contributed by atoms with E-state index in [0.717, 1.165) is 62.1 Å². The Hall–Kier alpha value is -3.76. The molecule has 0 fully saturated rings. The largest absolute Gasteiger partial charge is 0.496 e. The van der Waals surface area contributed by atoms with Gasteiger partial charge >= 0.3 is 11.9 Å². The summed E-state index contributed by atoms with van der Waals surface area (Å²) < 4.78 is 13.1. The zero-order valence-electron chi connectivity index (χ0n) is 21.6. The Balaban J connectivity index is 1.49. The molecule has 2 aromatic heterocycles. The van der Waals surface area contributed by atoms with Crippen LogP contribution in [0.1, 0.15) is 62.6 Å². The first-order valence-electron chi connectivity index (χ1n) is 12.4. The summed E-state index contributed by atoms with van der Waals surface area (Å²) in [6, 6.07) is 11.5. The third kappa shape index (κ3) is 6.82. The van der Waals surface area contributed by atoms with Crippen LogP contribution in [-0.4, -0.2) is 47.9 Å². The first kappa shape index (κ1) is 28.3. The van der Waals surface area contributed by atoms with Crippen molar-refractivity contribution in [2.75, 3.05) is 14.2 Å². The number of methoxy groups -OCH3 is 2. The fourth-order valence-corrected chi connectivity index (χ4v) is 6.51. The Morgan fingerprint density at radius 3 is 1.41 bits per heavy atom. The first-order chi connectivity index (χ1) is 18.7. The fraction of sp³-hybridized carbons (Fsp3) is 0.310. The predicted molar refractivity (Wildman–Crippen MR) is 151 cm³/mol. The molecule has 204 valence electrons. The summed E-state index contributed by atoms with van der Waals surface area (Å²) in [6.07, 6.45) is 1.81. The van der Waals surface area contributed by atoms with Crippen LogP contribution < -0.4 is 9.47 Å². The second kappa shape index (κ2) is 12.4. The van der Waals surface area contributed by atoms with Crippen LogP contribution in [0.4, 0.5) is 0 Å². The van der Waals surface area contributed by atoms with E-state index in [0.29, 0.717) is 9.75 Å². The van der Waals surface area contributed by atoms with Gasteiger partial charge in [-0.1, -0.05) is 0 Å². The van der Waals surface area contributed by atoms with Crippen molar-refractivity contribution in [1.29, 1.82) is 0 Å². The molecular formula is C29H28O8S2. The fourth-order valence-electron chi connectivity index (χ4n) is 4.43. The second-order valence-corrected chi connectivity index (χ2v) is 11.3. The minimum Gasteiger partial charge on any atom is -0.496 e. The van der Waals surface area contributed by atoms with Crippen molar-refractivity contribution < 1.29 is 38.9 Å². The molecule has 39 heavy (non-hydrogen) atoms. The minimum atomic E-state index is -0.993. The van der Waals surface area contributed by atoms with Gasteiger partial charge < -0.3 is 19.7 Å². The minimum absolute atomic E-state index is 0.0273. The number of rotatable bonds is 14. The van der Waals surface area contributed by atoms with Gasteiger partial charge in [0, 0.05) is 22.2 Å². The maximum Gasteiger partial charge on any atom is 0.303 e. The second-order valence-electron chi connectivity index (χ2n) is 9.11. The summed E-state index contributed by atoms with van der Waals surface area (Å²) >= 11 is 2.68. The molecule has 8 nitrogen and oxygen atoms in total. The van der Waals surface area contributed by atoms with Crippen molar-refractivity contribution in [3.05, 3.63) is 57.3 Å². The Morgan fingerprint density at radius 1 is 0.641 bits per heavy atom. The molecule has 0 spiro atoms. The van der Waals surface area contributed by atoms with E-state index in [1.54, 1.807) is 14.2 Å². The lowest BCUT2D eigenvalue weighted by atomic mass is 10.0. The van der Waals surface area contributed by atoms with Crippen molar-refractivity contribution in [3.63, 3.8) is 0 Å². The van der Waals surface area contributed by atoms with E-state index in [-0.39, 0.29) is 37.2 Å². The number of ether oxygens (including phenoxy) is 2. The summed E-state index contributed by atoms with van der Waals surface area (Å²) in [4.78, 5) is 47.5. The number of carboxylic acids is 2. The summed E-state index contributed by atoms with van der Waals surface area (Å²) in [5.41, 5.74) is 2.02. The number of carbonyl (C=O) groups is 4. The number of thiophene rings is 2. The highest BCUT2D eigenvalue weighted by Gasteiger charge is 2.17. The number of Topliss-reactive ketones (excluding diaryl/α,β-unsaturated/α-hetero) is 2. The average molecular weight is 569 g/mol. The molecule has 0 saturated heterocycles. The summed E-state index contributed by atoms with van der Waals surface area (Å²) in [7, 11) is 3.22. The SMILES string of the molecule is COc1cc2sc(C(=O)CCC(=O)O)cc2cc1CCCc1cc2cc(C(=O)CCC(=O)O)sc2cc1OC. The van der Waals surface area contributed by atoms with E-state index in [1.165, 1.54) is 22.7 Å². The zero-order valence-corrected chi connectivity index (χ0v) is 23.2. The molecule has 2 N–H and O–H groups in total. The van der Waals surface area contributed by atoms with Gasteiger partial charge in [-0.2, -0.15) is 0 Å². The van der Waals surface area contributed by atoms with Gasteiger partial charge in [0.1, 0.15) is 11.5 Å². The Morgan fingerprint density at radius 2 is 1.05 bits per heavy atom. The van der Waals surface area contributed by atoms with Gasteiger partial charge in [0.25, 0.3) is 0 Å². The van der Waals surface area contributed by atoms with Crippen LogP contribution >= 0.6 is 22.7 Å². The number of hydrogen-bond acceptors (Lipinski definition) is 8. The molecule has 2 aromatic carbocycles. The summed E-state index contributed by atoms with van der Waals surface area (Å²) in [5.74, 6) is -0.874. The zero-order chi connectivity index (χ0) is 28.1. The lowest BCUT2D eigenvalue weighted by Crippen LogP contribution is -2.01. The molecule has 0 amide bonds. The first-order valence-corrected chi connectivity index (χ1v) is 14.0. The molecule has 4 aromatic rings. The van der Waals surface area contributed by atoms with Gasteiger partial charge in [0.15, 0.2) is 11.6 Å². The molecule has 0 unspecified atom stereocenters. The van der Waals surface area contributed by atoms with Gasteiger partial charge in [-0.25, -0.2) is 0 Å². The maximum atomic E-state index is 12.4. The molecule has 2 heterocycles. The number of carbonyl (C=O) groups excluding carboxylic acids is 2. The van der Waals surface area contributed by atoms with Crippen LogP contribution in [0.3, 0.4) is 0 Å². The highest BCUT2D eigenvalue weighted by Crippen LogP contribution is 2.36. The lowest BCUT2D eigenvalue weighted by Gasteiger charge is -2.11. The molecule has 0 aliphatic rings. The van der Waals surface area contributed by atoms with Crippen LogP contribution in [0.25, 0.3) is 20.2 Å². The molecule has 10 heteroatoms. The van der Waals surface area contributed by atoms with Gasteiger partial charge in [0.05, 0.1) is 36.8 Å². The van der Waals surface area contributed by atoms with E-state index in [2.05, 4.69) is 0 Å². The topological polar surface area (TPSA) is 127 Å². The van der Waals surface area contributed by atoms with E-state index in [9.17, 15) is 19.2 Å². The Bertz CT molecular complexity index is 1450. The highest BCUT2D eigenvalue weighted by molar-refractivity contribution is 7.21. The van der Waals surface area contributed by atoms with Crippen LogP contribution in [-0.2, 0) is 22.4 Å². The normalized spacial score (nSPS) is 11.1. The number of aliphatic carboxylic acids is 2. The Labute approximate surface area is 232 Å². The molecule has 0 atom stereocenters. The number of ketones is 2.